The van der Waals surface area contributed by atoms with Crippen molar-refractivity contribution in [1.29, 1.82) is 0 Å². The minimum absolute atomic E-state index is 0.0356. The quantitative estimate of drug-likeness (QED) is 0.661. The van der Waals surface area contributed by atoms with Crippen LogP contribution in [-0.2, 0) is 9.59 Å². The number of piperazine rings is 1. The zero-order valence-electron chi connectivity index (χ0n) is 10.5. The zero-order valence-corrected chi connectivity index (χ0v) is 10.5. The molecule has 2 fully saturated rings. The summed E-state index contributed by atoms with van der Waals surface area (Å²) in [5.74, 6) is 0.201. The molecule has 0 aromatic rings. The Hall–Kier alpha value is -1.10. The van der Waals surface area contributed by atoms with E-state index in [9.17, 15) is 9.59 Å². The molecule has 3 unspecified atom stereocenters. The first kappa shape index (κ1) is 12.4. The lowest BCUT2D eigenvalue weighted by atomic mass is 9.91. The van der Waals surface area contributed by atoms with Crippen molar-refractivity contribution >= 4 is 11.8 Å². The largest absolute Gasteiger partial charge is 0.353 e. The van der Waals surface area contributed by atoms with E-state index >= 15 is 0 Å². The zero-order chi connectivity index (χ0) is 12.4. The summed E-state index contributed by atoms with van der Waals surface area (Å²) >= 11 is 0. The van der Waals surface area contributed by atoms with E-state index in [1.807, 2.05) is 0 Å². The first-order chi connectivity index (χ1) is 8.09. The van der Waals surface area contributed by atoms with Crippen molar-refractivity contribution < 1.29 is 9.59 Å². The van der Waals surface area contributed by atoms with Gasteiger partial charge >= 0.3 is 0 Å². The Morgan fingerprint density at radius 1 is 1.35 bits per heavy atom. The number of piperidine rings is 1. The first-order valence-corrected chi connectivity index (χ1v) is 6.41. The fraction of sp³-hybridized carbons (Fsp3) is 0.833. The highest BCUT2D eigenvalue weighted by molar-refractivity contribution is 5.89. The van der Waals surface area contributed by atoms with Gasteiger partial charge in [0, 0.05) is 25.0 Å². The summed E-state index contributed by atoms with van der Waals surface area (Å²) in [6, 6.07) is 0.0769. The molecule has 2 aliphatic heterocycles. The van der Waals surface area contributed by atoms with Crippen LogP contribution in [0.1, 0.15) is 26.7 Å². The number of carbonyl (C=O) groups excluding carboxylic acids is 2. The molecule has 17 heavy (non-hydrogen) atoms. The third-order valence-electron chi connectivity index (χ3n) is 3.75. The molecule has 0 aromatic carbocycles. The lowest BCUT2D eigenvalue weighted by Crippen LogP contribution is -2.58. The summed E-state index contributed by atoms with van der Waals surface area (Å²) in [7, 11) is 0. The topological polar surface area (TPSA) is 61.4 Å². The smallest absolute Gasteiger partial charge is 0.242 e. The Morgan fingerprint density at radius 3 is 2.82 bits per heavy atom. The van der Waals surface area contributed by atoms with Crippen LogP contribution in [0.2, 0.25) is 0 Å². The van der Waals surface area contributed by atoms with Crippen LogP contribution in [0.5, 0.6) is 0 Å². The van der Waals surface area contributed by atoms with Gasteiger partial charge in [0.25, 0.3) is 0 Å². The fourth-order valence-electron chi connectivity index (χ4n) is 2.67. The molecule has 0 aliphatic carbocycles. The van der Waals surface area contributed by atoms with Crippen molar-refractivity contribution in [3.63, 3.8) is 0 Å². The van der Waals surface area contributed by atoms with E-state index in [0.717, 1.165) is 19.4 Å². The number of nitrogens with one attached hydrogen (secondary N) is 2. The molecule has 2 rings (SSSR count). The van der Waals surface area contributed by atoms with Crippen molar-refractivity contribution in [1.82, 2.24) is 15.5 Å². The molecular formula is C12H21N3O2. The van der Waals surface area contributed by atoms with E-state index in [-0.39, 0.29) is 23.8 Å². The van der Waals surface area contributed by atoms with Crippen LogP contribution in [0.15, 0.2) is 0 Å². The van der Waals surface area contributed by atoms with E-state index in [4.69, 9.17) is 0 Å². The lowest BCUT2D eigenvalue weighted by molar-refractivity contribution is -0.146. The predicted octanol–water partition coefficient (Wildman–Crippen LogP) is -0.279. The normalized spacial score (nSPS) is 34.4. The van der Waals surface area contributed by atoms with Crippen LogP contribution in [0.3, 0.4) is 0 Å². The standard InChI is InChI=1S/C12H21N3O2/c1-8-7-10(3-4-13-8)12(17)15-6-5-14-11(16)9(15)2/h8-10,13H,3-7H2,1-2H3,(H,14,16). The van der Waals surface area contributed by atoms with Gasteiger partial charge in [-0.1, -0.05) is 0 Å². The average molecular weight is 239 g/mol. The SMILES string of the molecule is CC1CC(C(=O)N2CCNC(=O)C2C)CCN1. The van der Waals surface area contributed by atoms with Crippen LogP contribution in [0, 0.1) is 5.92 Å². The van der Waals surface area contributed by atoms with Crippen molar-refractivity contribution in [3.05, 3.63) is 0 Å². The number of hydrogen-bond donors (Lipinski definition) is 2. The van der Waals surface area contributed by atoms with Crippen LogP contribution >= 0.6 is 0 Å². The van der Waals surface area contributed by atoms with Crippen LogP contribution in [0.25, 0.3) is 0 Å². The maximum Gasteiger partial charge on any atom is 0.242 e. The third kappa shape index (κ3) is 2.60. The van der Waals surface area contributed by atoms with E-state index < -0.39 is 0 Å². The van der Waals surface area contributed by atoms with Gasteiger partial charge in [-0.3, -0.25) is 9.59 Å². The van der Waals surface area contributed by atoms with Crippen molar-refractivity contribution in [2.75, 3.05) is 19.6 Å². The average Bonchev–Trinajstić information content (AvgIpc) is 2.32. The number of carbonyl (C=O) groups is 2. The number of nitrogens with zero attached hydrogens (tertiary/aromatic N) is 1. The highest BCUT2D eigenvalue weighted by atomic mass is 16.2. The summed E-state index contributed by atoms with van der Waals surface area (Å²) in [5, 5.41) is 6.12. The summed E-state index contributed by atoms with van der Waals surface area (Å²) in [5.41, 5.74) is 0. The summed E-state index contributed by atoms with van der Waals surface area (Å²) in [6.07, 6.45) is 1.76. The van der Waals surface area contributed by atoms with Crippen molar-refractivity contribution in [3.8, 4) is 0 Å². The van der Waals surface area contributed by atoms with Crippen molar-refractivity contribution in [2.24, 2.45) is 5.92 Å². The lowest BCUT2D eigenvalue weighted by Gasteiger charge is -2.37. The number of hydrogen-bond acceptors (Lipinski definition) is 3. The molecule has 0 saturated carbocycles. The second-order valence-electron chi connectivity index (χ2n) is 5.08. The molecule has 5 nitrogen and oxygen atoms in total. The molecule has 0 spiro atoms. The van der Waals surface area contributed by atoms with Crippen LogP contribution < -0.4 is 10.6 Å². The number of rotatable bonds is 1. The molecule has 2 heterocycles. The molecule has 2 amide bonds. The molecule has 2 saturated heterocycles. The van der Waals surface area contributed by atoms with Gasteiger partial charge in [-0.2, -0.15) is 0 Å². The molecule has 3 atom stereocenters. The highest BCUT2D eigenvalue weighted by Gasteiger charge is 2.34. The Balaban J connectivity index is 2.00. The van der Waals surface area contributed by atoms with Gasteiger partial charge < -0.3 is 15.5 Å². The minimum Gasteiger partial charge on any atom is -0.353 e. The maximum atomic E-state index is 12.4. The fourth-order valence-corrected chi connectivity index (χ4v) is 2.67. The van der Waals surface area contributed by atoms with Crippen molar-refractivity contribution in [2.45, 2.75) is 38.8 Å². The Kier molecular flexibility index (Phi) is 3.66. The predicted molar refractivity (Wildman–Crippen MR) is 64.4 cm³/mol. The van der Waals surface area contributed by atoms with Gasteiger partial charge in [0.1, 0.15) is 6.04 Å². The van der Waals surface area contributed by atoms with Gasteiger partial charge in [-0.05, 0) is 33.2 Å². The molecule has 2 N–H and O–H groups in total. The first-order valence-electron chi connectivity index (χ1n) is 6.41. The number of amides is 2. The Morgan fingerprint density at radius 2 is 2.12 bits per heavy atom. The molecule has 0 aromatic heterocycles. The van der Waals surface area contributed by atoms with E-state index in [1.54, 1.807) is 11.8 Å². The second kappa shape index (κ2) is 5.04. The third-order valence-corrected chi connectivity index (χ3v) is 3.75. The Bertz CT molecular complexity index is 319. The minimum atomic E-state index is -0.318. The van der Waals surface area contributed by atoms with Crippen LogP contribution in [0.4, 0.5) is 0 Å². The van der Waals surface area contributed by atoms with Gasteiger partial charge in [-0.25, -0.2) is 0 Å². The molecule has 96 valence electrons. The van der Waals surface area contributed by atoms with Crippen LogP contribution in [-0.4, -0.2) is 48.4 Å². The summed E-state index contributed by atoms with van der Waals surface area (Å²) in [6.45, 7) is 6.02. The van der Waals surface area contributed by atoms with Gasteiger partial charge in [0.05, 0.1) is 0 Å². The van der Waals surface area contributed by atoms with Gasteiger partial charge in [0.15, 0.2) is 0 Å². The second-order valence-corrected chi connectivity index (χ2v) is 5.08. The van der Waals surface area contributed by atoms with E-state index in [2.05, 4.69) is 17.6 Å². The van der Waals surface area contributed by atoms with E-state index in [0.29, 0.717) is 19.1 Å². The molecular weight excluding hydrogens is 218 g/mol. The molecule has 2 aliphatic rings. The maximum absolute atomic E-state index is 12.4. The monoisotopic (exact) mass is 239 g/mol. The highest BCUT2D eigenvalue weighted by Crippen LogP contribution is 2.20. The Labute approximate surface area is 102 Å². The summed E-state index contributed by atoms with van der Waals surface area (Å²) < 4.78 is 0. The molecule has 5 heteroatoms. The van der Waals surface area contributed by atoms with E-state index in [1.165, 1.54) is 0 Å². The molecule has 0 radical (unpaired) electrons. The summed E-state index contributed by atoms with van der Waals surface area (Å²) in [4.78, 5) is 25.6. The molecule has 0 bridgehead atoms. The van der Waals surface area contributed by atoms with Gasteiger partial charge in [0.2, 0.25) is 11.8 Å². The van der Waals surface area contributed by atoms with Gasteiger partial charge in [-0.15, -0.1) is 0 Å².